The molecule has 0 saturated carbocycles. The van der Waals surface area contributed by atoms with Crippen LogP contribution in [0.5, 0.6) is 5.75 Å². The zero-order valence-corrected chi connectivity index (χ0v) is 12.4. The summed E-state index contributed by atoms with van der Waals surface area (Å²) in [5.74, 6) is 2.34. The van der Waals surface area contributed by atoms with Gasteiger partial charge in [-0.1, -0.05) is 18.2 Å². The van der Waals surface area contributed by atoms with E-state index in [0.717, 1.165) is 25.3 Å². The van der Waals surface area contributed by atoms with Gasteiger partial charge in [-0.25, -0.2) is 0 Å². The molecule has 1 aromatic carbocycles. The summed E-state index contributed by atoms with van der Waals surface area (Å²) in [5, 5.41) is 3.50. The molecule has 1 aliphatic rings. The summed E-state index contributed by atoms with van der Waals surface area (Å²) in [5.41, 5.74) is 2.60. The van der Waals surface area contributed by atoms with E-state index in [9.17, 15) is 0 Å². The second-order valence-electron chi connectivity index (χ2n) is 5.47. The minimum atomic E-state index is -0.0444. The number of benzene rings is 1. The molecule has 1 aliphatic heterocycles. The summed E-state index contributed by atoms with van der Waals surface area (Å²) in [6.07, 6.45) is 4.39. The Balaban J connectivity index is 1.93. The van der Waals surface area contributed by atoms with Crippen LogP contribution in [0, 0.1) is 0 Å². The van der Waals surface area contributed by atoms with Crippen molar-refractivity contribution in [1.82, 2.24) is 5.32 Å². The fraction of sp³-hybridized carbons (Fsp3) is 0.600. The van der Waals surface area contributed by atoms with Crippen LogP contribution in [0.2, 0.25) is 0 Å². The third-order valence-corrected chi connectivity index (χ3v) is 3.89. The molecule has 3 heteroatoms. The average Bonchev–Trinajstić information content (AvgIpc) is 2.63. The Kier molecular flexibility index (Phi) is 4.57. The Hall–Kier alpha value is -0.670. The maximum atomic E-state index is 6.06. The molecular weight excluding hydrogens is 242 g/mol. The fourth-order valence-corrected chi connectivity index (χ4v) is 2.82. The lowest BCUT2D eigenvalue weighted by Gasteiger charge is -2.18. The number of rotatable bonds is 6. The molecule has 2 nitrogen and oxygen atoms in total. The second-order valence-corrected chi connectivity index (χ2v) is 6.45. The minimum Gasteiger partial charge on any atom is -0.487 e. The van der Waals surface area contributed by atoms with Gasteiger partial charge in [0, 0.05) is 18.5 Å². The Labute approximate surface area is 114 Å². The van der Waals surface area contributed by atoms with Crippen LogP contribution in [0.1, 0.15) is 31.4 Å². The molecule has 0 saturated heterocycles. The van der Waals surface area contributed by atoms with Crippen molar-refractivity contribution in [2.45, 2.75) is 38.8 Å². The first-order chi connectivity index (χ1) is 8.62. The second kappa shape index (κ2) is 5.98. The molecule has 0 fully saturated rings. The summed E-state index contributed by atoms with van der Waals surface area (Å²) in [4.78, 5) is 0. The topological polar surface area (TPSA) is 21.3 Å². The summed E-state index contributed by atoms with van der Waals surface area (Å²) in [6, 6.07) is 6.49. The van der Waals surface area contributed by atoms with Gasteiger partial charge in [0.15, 0.2) is 0 Å². The smallest absolute Gasteiger partial charge is 0.127 e. The van der Waals surface area contributed by atoms with Gasteiger partial charge < -0.3 is 10.1 Å². The van der Waals surface area contributed by atoms with E-state index in [0.29, 0.717) is 0 Å². The number of fused-ring (bicyclic) bond motifs is 1. The van der Waals surface area contributed by atoms with Gasteiger partial charge in [0.1, 0.15) is 11.4 Å². The van der Waals surface area contributed by atoms with Crippen LogP contribution >= 0.6 is 11.8 Å². The fourth-order valence-electron chi connectivity index (χ4n) is 2.38. The summed E-state index contributed by atoms with van der Waals surface area (Å²) < 4.78 is 6.06. The van der Waals surface area contributed by atoms with Crippen LogP contribution in [-0.4, -0.2) is 24.2 Å². The maximum absolute atomic E-state index is 6.06. The van der Waals surface area contributed by atoms with Crippen LogP contribution in [0.3, 0.4) is 0 Å². The van der Waals surface area contributed by atoms with E-state index < -0.39 is 0 Å². The first-order valence-corrected chi connectivity index (χ1v) is 8.01. The normalized spacial score (nSPS) is 16.4. The number of thioether (sulfide) groups is 1. The van der Waals surface area contributed by atoms with E-state index in [4.69, 9.17) is 4.74 Å². The lowest BCUT2D eigenvalue weighted by molar-refractivity contribution is 0.137. The van der Waals surface area contributed by atoms with Gasteiger partial charge in [0.25, 0.3) is 0 Å². The van der Waals surface area contributed by atoms with Crippen molar-refractivity contribution < 1.29 is 4.74 Å². The highest BCUT2D eigenvalue weighted by Gasteiger charge is 2.31. The van der Waals surface area contributed by atoms with Gasteiger partial charge in [0.2, 0.25) is 0 Å². The van der Waals surface area contributed by atoms with Crippen LogP contribution in [0.25, 0.3) is 0 Å². The standard InChI is InChI=1S/C15H23NOS/c1-15(2)10-12-6-4-7-13(14(12)17-15)11-16-8-5-9-18-3/h4,6-7,16H,5,8-11H2,1-3H3. The first kappa shape index (κ1) is 13.8. The Morgan fingerprint density at radius 2 is 2.22 bits per heavy atom. The molecule has 0 unspecified atom stereocenters. The zero-order chi connectivity index (χ0) is 13.0. The highest BCUT2D eigenvalue weighted by atomic mass is 32.2. The number of ether oxygens (including phenoxy) is 1. The monoisotopic (exact) mass is 265 g/mol. The summed E-state index contributed by atoms with van der Waals surface area (Å²) in [7, 11) is 0. The lowest BCUT2D eigenvalue weighted by Crippen LogP contribution is -2.25. The Morgan fingerprint density at radius 3 is 3.00 bits per heavy atom. The Bertz CT molecular complexity index is 403. The van der Waals surface area contributed by atoms with Gasteiger partial charge in [-0.2, -0.15) is 11.8 Å². The molecule has 100 valence electrons. The van der Waals surface area contributed by atoms with Gasteiger partial charge in [0.05, 0.1) is 0 Å². The quantitative estimate of drug-likeness (QED) is 0.798. The lowest BCUT2D eigenvalue weighted by atomic mass is 10.0. The van der Waals surface area contributed by atoms with Crippen molar-refractivity contribution in [2.75, 3.05) is 18.6 Å². The number of hydrogen-bond donors (Lipinski definition) is 1. The van der Waals surface area contributed by atoms with Crippen LogP contribution in [-0.2, 0) is 13.0 Å². The van der Waals surface area contributed by atoms with Crippen molar-refractivity contribution in [1.29, 1.82) is 0 Å². The van der Waals surface area contributed by atoms with Crippen molar-refractivity contribution in [3.8, 4) is 5.75 Å². The predicted molar refractivity (Wildman–Crippen MR) is 79.6 cm³/mol. The number of hydrogen-bond acceptors (Lipinski definition) is 3. The Morgan fingerprint density at radius 1 is 1.39 bits per heavy atom. The summed E-state index contributed by atoms with van der Waals surface area (Å²) >= 11 is 1.90. The highest BCUT2D eigenvalue weighted by molar-refractivity contribution is 7.98. The first-order valence-electron chi connectivity index (χ1n) is 6.62. The van der Waals surface area contributed by atoms with E-state index in [-0.39, 0.29) is 5.60 Å². The molecular formula is C15H23NOS. The summed E-state index contributed by atoms with van der Waals surface area (Å²) in [6.45, 7) is 6.30. The highest BCUT2D eigenvalue weighted by Crippen LogP contribution is 2.37. The van der Waals surface area contributed by atoms with E-state index in [1.165, 1.54) is 23.3 Å². The van der Waals surface area contributed by atoms with Gasteiger partial charge in [-0.3, -0.25) is 0 Å². The molecule has 1 N–H and O–H groups in total. The number of nitrogens with one attached hydrogen (secondary N) is 1. The van der Waals surface area contributed by atoms with E-state index in [1.54, 1.807) is 0 Å². The van der Waals surface area contributed by atoms with Gasteiger partial charge in [-0.15, -0.1) is 0 Å². The molecule has 1 aromatic rings. The largest absolute Gasteiger partial charge is 0.487 e. The molecule has 1 heterocycles. The SMILES string of the molecule is CSCCCNCc1cccc2c1OC(C)(C)C2. The van der Waals surface area contributed by atoms with Gasteiger partial charge in [-0.05, 0) is 44.4 Å². The van der Waals surface area contributed by atoms with Crippen molar-refractivity contribution in [3.63, 3.8) is 0 Å². The molecule has 2 rings (SSSR count). The van der Waals surface area contributed by atoms with E-state index >= 15 is 0 Å². The predicted octanol–water partition coefficient (Wildman–Crippen LogP) is 3.24. The average molecular weight is 265 g/mol. The van der Waals surface area contributed by atoms with Gasteiger partial charge >= 0.3 is 0 Å². The third kappa shape index (κ3) is 3.42. The molecule has 18 heavy (non-hydrogen) atoms. The third-order valence-electron chi connectivity index (χ3n) is 3.19. The van der Waals surface area contributed by atoms with Crippen molar-refractivity contribution >= 4 is 11.8 Å². The molecule has 0 aliphatic carbocycles. The van der Waals surface area contributed by atoms with E-state index in [1.807, 2.05) is 11.8 Å². The van der Waals surface area contributed by atoms with Crippen molar-refractivity contribution in [2.24, 2.45) is 0 Å². The van der Waals surface area contributed by atoms with Crippen LogP contribution in [0.15, 0.2) is 18.2 Å². The molecule has 0 bridgehead atoms. The molecule has 0 aromatic heterocycles. The molecule has 0 radical (unpaired) electrons. The van der Waals surface area contributed by atoms with Crippen LogP contribution < -0.4 is 10.1 Å². The number of para-hydroxylation sites is 1. The van der Waals surface area contributed by atoms with Crippen LogP contribution in [0.4, 0.5) is 0 Å². The van der Waals surface area contributed by atoms with Crippen molar-refractivity contribution in [3.05, 3.63) is 29.3 Å². The minimum absolute atomic E-state index is 0.0444. The molecule has 0 atom stereocenters. The zero-order valence-electron chi connectivity index (χ0n) is 11.6. The molecule has 0 spiro atoms. The van der Waals surface area contributed by atoms with E-state index in [2.05, 4.69) is 43.6 Å². The maximum Gasteiger partial charge on any atom is 0.127 e. The molecule has 0 amide bonds.